The minimum atomic E-state index is -0.861. The van der Waals surface area contributed by atoms with E-state index in [0.29, 0.717) is 11.3 Å². The smallest absolute Gasteiger partial charge is 0.307 e. The molecule has 2 aromatic rings. The van der Waals surface area contributed by atoms with Gasteiger partial charge in [-0.25, -0.2) is 0 Å². The number of carboxylic acid groups (broad SMARTS) is 1. The van der Waals surface area contributed by atoms with Crippen molar-refractivity contribution < 1.29 is 14.6 Å². The summed E-state index contributed by atoms with van der Waals surface area (Å²) in [5.74, 6) is -0.0564. The number of carboxylic acids is 1. The van der Waals surface area contributed by atoms with Crippen molar-refractivity contribution in [3.63, 3.8) is 0 Å². The zero-order valence-electron chi connectivity index (χ0n) is 11.0. The van der Waals surface area contributed by atoms with E-state index in [2.05, 4.69) is 0 Å². The van der Waals surface area contributed by atoms with Crippen LogP contribution in [0.1, 0.15) is 5.56 Å². The molecule has 20 heavy (non-hydrogen) atoms. The van der Waals surface area contributed by atoms with Crippen LogP contribution in [0.3, 0.4) is 0 Å². The molecule has 0 aliphatic carbocycles. The maximum Gasteiger partial charge on any atom is 0.307 e. The molecule has 0 bridgehead atoms. The Balaban J connectivity index is 2.14. The van der Waals surface area contributed by atoms with Crippen LogP contribution in [-0.2, 0) is 11.2 Å². The molecule has 0 amide bonds. The standard InChI is InChI=1S/C15H15NO3S/c1-19-11-3-5-12(6-4-11)20-14-7-2-10(8-13(14)16)9-15(17)18/h2-8H,9,16H2,1H3,(H,17,18). The molecule has 0 aromatic heterocycles. The Morgan fingerprint density at radius 3 is 2.50 bits per heavy atom. The second kappa shape index (κ2) is 6.34. The number of ether oxygens (including phenoxy) is 1. The highest BCUT2D eigenvalue weighted by atomic mass is 32.2. The Kier molecular flexibility index (Phi) is 4.53. The number of nitrogen functional groups attached to an aromatic ring is 1. The molecule has 0 saturated carbocycles. The van der Waals surface area contributed by atoms with Crippen LogP contribution >= 0.6 is 11.8 Å². The van der Waals surface area contributed by atoms with Gasteiger partial charge in [0, 0.05) is 15.5 Å². The second-order valence-corrected chi connectivity index (χ2v) is 5.34. The van der Waals surface area contributed by atoms with Crippen LogP contribution in [0.5, 0.6) is 5.75 Å². The van der Waals surface area contributed by atoms with Gasteiger partial charge < -0.3 is 15.6 Å². The van der Waals surface area contributed by atoms with E-state index in [9.17, 15) is 4.79 Å². The summed E-state index contributed by atoms with van der Waals surface area (Å²) in [6, 6.07) is 13.0. The van der Waals surface area contributed by atoms with Crippen LogP contribution < -0.4 is 10.5 Å². The van der Waals surface area contributed by atoms with Crippen molar-refractivity contribution in [1.82, 2.24) is 0 Å². The first-order valence-electron chi connectivity index (χ1n) is 6.00. The van der Waals surface area contributed by atoms with Crippen molar-refractivity contribution >= 4 is 23.4 Å². The van der Waals surface area contributed by atoms with Crippen LogP contribution in [0.2, 0.25) is 0 Å². The summed E-state index contributed by atoms with van der Waals surface area (Å²) < 4.78 is 5.11. The Labute approximate surface area is 121 Å². The number of hydrogen-bond donors (Lipinski definition) is 2. The van der Waals surface area contributed by atoms with Crippen molar-refractivity contribution in [3.8, 4) is 5.75 Å². The van der Waals surface area contributed by atoms with Crippen LogP contribution in [0, 0.1) is 0 Å². The number of benzene rings is 2. The van der Waals surface area contributed by atoms with Gasteiger partial charge in [0.1, 0.15) is 5.75 Å². The fraction of sp³-hybridized carbons (Fsp3) is 0.133. The number of anilines is 1. The van der Waals surface area contributed by atoms with Gasteiger partial charge in [-0.1, -0.05) is 17.8 Å². The van der Waals surface area contributed by atoms with Crippen LogP contribution in [-0.4, -0.2) is 18.2 Å². The fourth-order valence-electron chi connectivity index (χ4n) is 1.75. The van der Waals surface area contributed by atoms with Gasteiger partial charge in [-0.15, -0.1) is 0 Å². The molecule has 0 heterocycles. The normalized spacial score (nSPS) is 10.2. The number of methoxy groups -OCH3 is 1. The average Bonchev–Trinajstić information content (AvgIpc) is 2.42. The summed E-state index contributed by atoms with van der Waals surface area (Å²) >= 11 is 1.53. The zero-order valence-corrected chi connectivity index (χ0v) is 11.8. The van der Waals surface area contributed by atoms with E-state index in [1.165, 1.54) is 11.8 Å². The highest BCUT2D eigenvalue weighted by Gasteiger charge is 2.06. The molecule has 4 nitrogen and oxygen atoms in total. The monoisotopic (exact) mass is 289 g/mol. The maximum absolute atomic E-state index is 10.7. The third kappa shape index (κ3) is 3.68. The van der Waals surface area contributed by atoms with E-state index in [-0.39, 0.29) is 6.42 Å². The topological polar surface area (TPSA) is 72.5 Å². The number of aliphatic carboxylic acids is 1. The molecule has 0 fully saturated rings. The van der Waals surface area contributed by atoms with E-state index >= 15 is 0 Å². The minimum Gasteiger partial charge on any atom is -0.497 e. The summed E-state index contributed by atoms with van der Waals surface area (Å²) in [5, 5.41) is 8.75. The van der Waals surface area contributed by atoms with Gasteiger partial charge >= 0.3 is 5.97 Å². The Hall–Kier alpha value is -2.14. The van der Waals surface area contributed by atoms with Gasteiger partial charge in [0.25, 0.3) is 0 Å². The molecule has 2 aromatic carbocycles. The van der Waals surface area contributed by atoms with Crippen molar-refractivity contribution in [2.24, 2.45) is 0 Å². The van der Waals surface area contributed by atoms with Crippen molar-refractivity contribution in [2.45, 2.75) is 16.2 Å². The third-order valence-corrected chi connectivity index (χ3v) is 3.82. The van der Waals surface area contributed by atoms with Gasteiger partial charge in [0.05, 0.1) is 13.5 Å². The van der Waals surface area contributed by atoms with Crippen molar-refractivity contribution in [3.05, 3.63) is 48.0 Å². The van der Waals surface area contributed by atoms with E-state index in [1.54, 1.807) is 19.2 Å². The molecule has 0 radical (unpaired) electrons. The Morgan fingerprint density at radius 1 is 1.25 bits per heavy atom. The molecule has 3 N–H and O–H groups in total. The van der Waals surface area contributed by atoms with E-state index in [1.807, 2.05) is 30.3 Å². The molecule has 0 saturated heterocycles. The molecule has 0 aliphatic heterocycles. The van der Waals surface area contributed by atoms with Crippen LogP contribution in [0.15, 0.2) is 52.3 Å². The molecular weight excluding hydrogens is 274 g/mol. The zero-order chi connectivity index (χ0) is 14.5. The van der Waals surface area contributed by atoms with Gasteiger partial charge in [-0.05, 0) is 42.0 Å². The number of rotatable bonds is 5. The summed E-state index contributed by atoms with van der Waals surface area (Å²) in [7, 11) is 1.63. The molecule has 104 valence electrons. The molecule has 2 rings (SSSR count). The molecule has 5 heteroatoms. The number of nitrogens with two attached hydrogens (primary N) is 1. The first-order chi connectivity index (χ1) is 9.58. The second-order valence-electron chi connectivity index (χ2n) is 4.22. The van der Waals surface area contributed by atoms with Gasteiger partial charge in [-0.3, -0.25) is 4.79 Å². The molecule has 0 unspecified atom stereocenters. The van der Waals surface area contributed by atoms with E-state index in [0.717, 1.165) is 15.5 Å². The summed E-state index contributed by atoms with van der Waals surface area (Å²) in [4.78, 5) is 12.6. The SMILES string of the molecule is COc1ccc(Sc2ccc(CC(=O)O)cc2N)cc1. The highest BCUT2D eigenvalue weighted by molar-refractivity contribution is 7.99. The largest absolute Gasteiger partial charge is 0.497 e. The molecule has 0 aliphatic rings. The van der Waals surface area contributed by atoms with Crippen molar-refractivity contribution in [1.29, 1.82) is 0 Å². The average molecular weight is 289 g/mol. The lowest BCUT2D eigenvalue weighted by Gasteiger charge is -2.08. The lowest BCUT2D eigenvalue weighted by atomic mass is 10.1. The summed E-state index contributed by atoms with van der Waals surface area (Å²) in [6.07, 6.45) is -0.0162. The number of carbonyl (C=O) groups is 1. The molecular formula is C15H15NO3S. The first-order valence-corrected chi connectivity index (χ1v) is 6.82. The Bertz CT molecular complexity index is 611. The van der Waals surface area contributed by atoms with E-state index in [4.69, 9.17) is 15.6 Å². The van der Waals surface area contributed by atoms with Gasteiger partial charge in [0.15, 0.2) is 0 Å². The van der Waals surface area contributed by atoms with E-state index < -0.39 is 5.97 Å². The maximum atomic E-state index is 10.7. The lowest BCUT2D eigenvalue weighted by molar-refractivity contribution is -0.136. The van der Waals surface area contributed by atoms with Gasteiger partial charge in [-0.2, -0.15) is 0 Å². The summed E-state index contributed by atoms with van der Waals surface area (Å²) in [5.41, 5.74) is 7.25. The Morgan fingerprint density at radius 2 is 1.95 bits per heavy atom. The van der Waals surface area contributed by atoms with Gasteiger partial charge in [0.2, 0.25) is 0 Å². The van der Waals surface area contributed by atoms with Crippen molar-refractivity contribution in [2.75, 3.05) is 12.8 Å². The number of hydrogen-bond acceptors (Lipinski definition) is 4. The minimum absolute atomic E-state index is 0.0162. The van der Waals surface area contributed by atoms with Crippen LogP contribution in [0.4, 0.5) is 5.69 Å². The molecule has 0 spiro atoms. The fourth-order valence-corrected chi connectivity index (χ4v) is 2.59. The third-order valence-electron chi connectivity index (χ3n) is 2.72. The summed E-state index contributed by atoms with van der Waals surface area (Å²) in [6.45, 7) is 0. The lowest BCUT2D eigenvalue weighted by Crippen LogP contribution is -2.01. The highest BCUT2D eigenvalue weighted by Crippen LogP contribution is 2.33. The quantitative estimate of drug-likeness (QED) is 0.828. The predicted octanol–water partition coefficient (Wildman–Crippen LogP) is 3.06. The van der Waals surface area contributed by atoms with Crippen LogP contribution in [0.25, 0.3) is 0 Å². The molecule has 0 atom stereocenters. The predicted molar refractivity (Wildman–Crippen MR) is 79.3 cm³/mol. The first kappa shape index (κ1) is 14.3.